The summed E-state index contributed by atoms with van der Waals surface area (Å²) < 4.78 is 1.76. The Bertz CT molecular complexity index is 895. The summed E-state index contributed by atoms with van der Waals surface area (Å²) in [6, 6.07) is 3.91. The van der Waals surface area contributed by atoms with Crippen molar-refractivity contribution in [2.45, 2.75) is 6.92 Å². The van der Waals surface area contributed by atoms with Crippen LogP contribution in [0, 0.1) is 18.8 Å². The molecule has 0 amide bonds. The number of anilines is 2. The fourth-order valence-electron chi connectivity index (χ4n) is 4.10. The van der Waals surface area contributed by atoms with Crippen molar-refractivity contribution >= 4 is 11.6 Å². The third-order valence-electron chi connectivity index (χ3n) is 5.34. The van der Waals surface area contributed by atoms with Gasteiger partial charge in [-0.25, -0.2) is 19.6 Å². The summed E-state index contributed by atoms with van der Waals surface area (Å²) in [5.74, 6) is 4.05. The fraction of sp³-hybridized carbons (Fsp3) is 0.389. The van der Waals surface area contributed by atoms with Gasteiger partial charge in [-0.1, -0.05) is 0 Å². The molecule has 0 bridgehead atoms. The molecule has 0 radical (unpaired) electrons. The van der Waals surface area contributed by atoms with Crippen LogP contribution in [0.15, 0.2) is 43.2 Å². The van der Waals surface area contributed by atoms with Crippen molar-refractivity contribution in [2.24, 2.45) is 11.8 Å². The molecular weight excluding hydrogens is 328 g/mol. The van der Waals surface area contributed by atoms with E-state index >= 15 is 0 Å². The zero-order chi connectivity index (χ0) is 17.5. The summed E-state index contributed by atoms with van der Waals surface area (Å²) in [5, 5.41) is 4.25. The molecule has 2 saturated heterocycles. The molecule has 5 rings (SSSR count). The van der Waals surface area contributed by atoms with E-state index in [0.717, 1.165) is 49.3 Å². The number of fused-ring (bicyclic) bond motifs is 1. The Kier molecular flexibility index (Phi) is 3.55. The molecule has 3 aromatic heterocycles. The molecular formula is C18H20N8. The second-order valence-corrected chi connectivity index (χ2v) is 6.98. The van der Waals surface area contributed by atoms with Crippen LogP contribution >= 0.6 is 0 Å². The highest BCUT2D eigenvalue weighted by atomic mass is 15.3. The lowest BCUT2D eigenvalue weighted by molar-refractivity contribution is 0.533. The summed E-state index contributed by atoms with van der Waals surface area (Å²) >= 11 is 0. The largest absolute Gasteiger partial charge is 0.356 e. The highest BCUT2D eigenvalue weighted by Crippen LogP contribution is 2.35. The summed E-state index contributed by atoms with van der Waals surface area (Å²) in [6.45, 7) is 6.10. The summed E-state index contributed by atoms with van der Waals surface area (Å²) in [4.78, 5) is 22.5. The number of rotatable bonds is 3. The normalized spacial score (nSPS) is 22.0. The van der Waals surface area contributed by atoms with Crippen LogP contribution < -0.4 is 9.80 Å². The standard InChI is InChI=1S/C18H20N8/c1-13-18(20-5-4-19-13)25-10-14-8-24(9-15(14)11-25)16-7-17(22-12-21-16)26-6-2-3-23-26/h2-7,12,14-15H,8-11H2,1H3. The zero-order valence-corrected chi connectivity index (χ0v) is 14.6. The van der Waals surface area contributed by atoms with Crippen LogP contribution in [0.4, 0.5) is 11.6 Å². The third kappa shape index (κ3) is 2.58. The van der Waals surface area contributed by atoms with Crippen molar-refractivity contribution in [3.63, 3.8) is 0 Å². The SMILES string of the molecule is Cc1nccnc1N1CC2CN(c3cc(-n4cccn4)ncn3)CC2C1. The second kappa shape index (κ2) is 6.05. The van der Waals surface area contributed by atoms with Crippen LogP contribution in [0.1, 0.15) is 5.69 Å². The first-order chi connectivity index (χ1) is 12.8. The van der Waals surface area contributed by atoms with Gasteiger partial charge in [0.2, 0.25) is 0 Å². The van der Waals surface area contributed by atoms with Crippen molar-refractivity contribution in [3.8, 4) is 5.82 Å². The molecule has 0 aromatic carbocycles. The smallest absolute Gasteiger partial charge is 0.158 e. The molecule has 2 fully saturated rings. The van der Waals surface area contributed by atoms with Gasteiger partial charge in [-0.3, -0.25) is 4.98 Å². The lowest BCUT2D eigenvalue weighted by Gasteiger charge is -2.23. The number of aryl methyl sites for hydroxylation is 1. The van der Waals surface area contributed by atoms with Crippen molar-refractivity contribution in [1.82, 2.24) is 29.7 Å². The van der Waals surface area contributed by atoms with Crippen molar-refractivity contribution in [3.05, 3.63) is 48.9 Å². The fourth-order valence-corrected chi connectivity index (χ4v) is 4.10. The van der Waals surface area contributed by atoms with Crippen LogP contribution in [-0.4, -0.2) is 55.9 Å². The van der Waals surface area contributed by atoms with E-state index in [1.807, 2.05) is 25.3 Å². The third-order valence-corrected chi connectivity index (χ3v) is 5.34. The minimum Gasteiger partial charge on any atom is -0.356 e. The Morgan fingerprint density at radius 1 is 0.846 bits per heavy atom. The number of nitrogens with zero attached hydrogens (tertiary/aromatic N) is 8. The van der Waals surface area contributed by atoms with Gasteiger partial charge in [0, 0.05) is 68.9 Å². The number of hydrogen-bond acceptors (Lipinski definition) is 7. The monoisotopic (exact) mass is 348 g/mol. The van der Waals surface area contributed by atoms with E-state index in [-0.39, 0.29) is 0 Å². The van der Waals surface area contributed by atoms with Crippen molar-refractivity contribution in [2.75, 3.05) is 36.0 Å². The van der Waals surface area contributed by atoms with E-state index in [0.29, 0.717) is 11.8 Å². The van der Waals surface area contributed by atoms with Crippen LogP contribution in [0.5, 0.6) is 0 Å². The van der Waals surface area contributed by atoms with Crippen LogP contribution in [0.2, 0.25) is 0 Å². The average molecular weight is 348 g/mol. The molecule has 2 aliphatic heterocycles. The van der Waals surface area contributed by atoms with Gasteiger partial charge in [0.25, 0.3) is 0 Å². The average Bonchev–Trinajstić information content (AvgIpc) is 3.38. The quantitative estimate of drug-likeness (QED) is 0.707. The maximum absolute atomic E-state index is 4.52. The molecule has 2 atom stereocenters. The van der Waals surface area contributed by atoms with E-state index < -0.39 is 0 Å². The maximum atomic E-state index is 4.52. The number of aromatic nitrogens is 6. The first kappa shape index (κ1) is 15.2. The lowest BCUT2D eigenvalue weighted by Crippen LogP contribution is -2.30. The molecule has 8 heteroatoms. The van der Waals surface area contributed by atoms with Gasteiger partial charge in [0.05, 0.1) is 5.69 Å². The molecule has 26 heavy (non-hydrogen) atoms. The van der Waals surface area contributed by atoms with Gasteiger partial charge in [-0.2, -0.15) is 5.10 Å². The predicted octanol–water partition coefficient (Wildman–Crippen LogP) is 1.33. The van der Waals surface area contributed by atoms with Gasteiger partial charge in [0.1, 0.15) is 18.0 Å². The minimum absolute atomic E-state index is 0.625. The summed E-state index contributed by atoms with van der Waals surface area (Å²) in [5.41, 5.74) is 1.00. The van der Waals surface area contributed by atoms with Gasteiger partial charge >= 0.3 is 0 Å². The first-order valence-electron chi connectivity index (χ1n) is 8.87. The molecule has 0 aliphatic carbocycles. The molecule has 0 spiro atoms. The molecule has 0 N–H and O–H groups in total. The van der Waals surface area contributed by atoms with E-state index in [1.165, 1.54) is 0 Å². The Balaban J connectivity index is 1.31. The molecule has 2 unspecified atom stereocenters. The Morgan fingerprint density at radius 2 is 1.58 bits per heavy atom. The van der Waals surface area contributed by atoms with E-state index in [9.17, 15) is 0 Å². The summed E-state index contributed by atoms with van der Waals surface area (Å²) in [7, 11) is 0. The molecule has 2 aliphatic rings. The Morgan fingerprint density at radius 3 is 2.31 bits per heavy atom. The van der Waals surface area contributed by atoms with Gasteiger partial charge in [-0.15, -0.1) is 0 Å². The Hall–Kier alpha value is -3.03. The lowest BCUT2D eigenvalue weighted by atomic mass is 10.0. The van der Waals surface area contributed by atoms with Crippen molar-refractivity contribution < 1.29 is 0 Å². The predicted molar refractivity (Wildman–Crippen MR) is 97.3 cm³/mol. The van der Waals surface area contributed by atoms with E-state index in [4.69, 9.17) is 0 Å². The zero-order valence-electron chi connectivity index (χ0n) is 14.6. The second-order valence-electron chi connectivity index (χ2n) is 6.98. The summed E-state index contributed by atoms with van der Waals surface area (Å²) in [6.07, 6.45) is 8.80. The van der Waals surface area contributed by atoms with Gasteiger partial charge in [0.15, 0.2) is 5.82 Å². The minimum atomic E-state index is 0.625. The van der Waals surface area contributed by atoms with Crippen molar-refractivity contribution in [1.29, 1.82) is 0 Å². The maximum Gasteiger partial charge on any atom is 0.158 e. The first-order valence-corrected chi connectivity index (χ1v) is 8.87. The Labute approximate surface area is 151 Å². The van der Waals surface area contributed by atoms with Crippen LogP contribution in [0.3, 0.4) is 0 Å². The number of hydrogen-bond donors (Lipinski definition) is 0. The van der Waals surface area contributed by atoms with Crippen LogP contribution in [0.25, 0.3) is 5.82 Å². The molecule has 0 saturated carbocycles. The molecule has 3 aromatic rings. The van der Waals surface area contributed by atoms with E-state index in [1.54, 1.807) is 29.6 Å². The van der Waals surface area contributed by atoms with E-state index in [2.05, 4.69) is 34.8 Å². The van der Waals surface area contributed by atoms with Gasteiger partial charge < -0.3 is 9.80 Å². The van der Waals surface area contributed by atoms with Crippen LogP contribution in [-0.2, 0) is 0 Å². The topological polar surface area (TPSA) is 75.9 Å². The molecule has 8 nitrogen and oxygen atoms in total. The molecule has 5 heterocycles. The highest BCUT2D eigenvalue weighted by molar-refractivity contribution is 5.48. The molecule has 132 valence electrons. The highest BCUT2D eigenvalue weighted by Gasteiger charge is 2.41. The van der Waals surface area contributed by atoms with Gasteiger partial charge in [-0.05, 0) is 13.0 Å².